The number of nitrogens with zero attached hydrogens (tertiary/aromatic N) is 1. The highest BCUT2D eigenvalue weighted by Crippen LogP contribution is 2.35. The Hall–Kier alpha value is -0.770. The molecule has 0 saturated carbocycles. The molecule has 1 N–H and O–H groups in total. The zero-order valence-electron chi connectivity index (χ0n) is 10.5. The standard InChI is InChI=1S/C12H22N2O2/c1-9(2)7-14-11(15)16-8-12(14,3)10-4-5-13-6-10/h9-10,13H,4-8H2,1-3H3. The van der Waals surface area contributed by atoms with Crippen LogP contribution in [-0.2, 0) is 4.74 Å². The number of amides is 1. The first-order valence-corrected chi connectivity index (χ1v) is 6.19. The van der Waals surface area contributed by atoms with Gasteiger partial charge in [0.2, 0.25) is 0 Å². The highest BCUT2D eigenvalue weighted by Gasteiger charge is 2.49. The van der Waals surface area contributed by atoms with Crippen molar-refractivity contribution in [2.75, 3.05) is 26.2 Å². The molecule has 0 aliphatic carbocycles. The fourth-order valence-electron chi connectivity index (χ4n) is 2.74. The Morgan fingerprint density at radius 3 is 2.94 bits per heavy atom. The van der Waals surface area contributed by atoms with Crippen molar-refractivity contribution in [3.8, 4) is 0 Å². The second-order valence-corrected chi connectivity index (χ2v) is 5.61. The molecule has 92 valence electrons. The lowest BCUT2D eigenvalue weighted by molar-refractivity contribution is 0.113. The Morgan fingerprint density at radius 1 is 1.62 bits per heavy atom. The van der Waals surface area contributed by atoms with Gasteiger partial charge in [0.05, 0.1) is 5.54 Å². The van der Waals surface area contributed by atoms with Crippen molar-refractivity contribution in [3.63, 3.8) is 0 Å². The molecule has 0 aromatic rings. The molecule has 2 aliphatic rings. The number of hydrogen-bond donors (Lipinski definition) is 1. The zero-order valence-corrected chi connectivity index (χ0v) is 10.5. The van der Waals surface area contributed by atoms with E-state index in [0.29, 0.717) is 18.4 Å². The Kier molecular flexibility index (Phi) is 3.10. The van der Waals surface area contributed by atoms with E-state index in [4.69, 9.17) is 4.74 Å². The van der Waals surface area contributed by atoms with E-state index >= 15 is 0 Å². The minimum absolute atomic E-state index is 0.106. The van der Waals surface area contributed by atoms with Gasteiger partial charge in [-0.3, -0.25) is 4.90 Å². The molecule has 0 aromatic carbocycles. The number of ether oxygens (including phenoxy) is 1. The summed E-state index contributed by atoms with van der Waals surface area (Å²) in [5.74, 6) is 1.01. The van der Waals surface area contributed by atoms with Gasteiger partial charge in [-0.15, -0.1) is 0 Å². The van der Waals surface area contributed by atoms with E-state index in [1.165, 1.54) is 0 Å². The smallest absolute Gasteiger partial charge is 0.410 e. The zero-order chi connectivity index (χ0) is 11.8. The number of carbonyl (C=O) groups excluding carboxylic acids is 1. The van der Waals surface area contributed by atoms with Gasteiger partial charge in [0.1, 0.15) is 6.61 Å². The Balaban J connectivity index is 2.14. The third-order valence-corrected chi connectivity index (χ3v) is 3.81. The quantitative estimate of drug-likeness (QED) is 0.792. The van der Waals surface area contributed by atoms with Crippen LogP contribution in [-0.4, -0.2) is 42.8 Å². The van der Waals surface area contributed by atoms with E-state index in [1.54, 1.807) is 0 Å². The van der Waals surface area contributed by atoms with Crippen molar-refractivity contribution in [2.24, 2.45) is 11.8 Å². The molecule has 0 spiro atoms. The molecule has 2 fully saturated rings. The van der Waals surface area contributed by atoms with Crippen LogP contribution in [0.15, 0.2) is 0 Å². The summed E-state index contributed by atoms with van der Waals surface area (Å²) in [5, 5.41) is 3.37. The first kappa shape index (κ1) is 11.7. The maximum atomic E-state index is 11.8. The van der Waals surface area contributed by atoms with Crippen molar-refractivity contribution in [1.29, 1.82) is 0 Å². The molecule has 2 saturated heterocycles. The molecule has 16 heavy (non-hydrogen) atoms. The van der Waals surface area contributed by atoms with E-state index in [-0.39, 0.29) is 11.6 Å². The lowest BCUT2D eigenvalue weighted by Gasteiger charge is -2.37. The van der Waals surface area contributed by atoms with Crippen molar-refractivity contribution in [1.82, 2.24) is 10.2 Å². The summed E-state index contributed by atoms with van der Waals surface area (Å²) in [6, 6.07) is 0. The van der Waals surface area contributed by atoms with E-state index in [0.717, 1.165) is 26.1 Å². The lowest BCUT2D eigenvalue weighted by Crippen LogP contribution is -2.52. The normalized spacial score (nSPS) is 34.9. The third kappa shape index (κ3) is 1.90. The fraction of sp³-hybridized carbons (Fsp3) is 0.917. The van der Waals surface area contributed by atoms with Crippen LogP contribution in [0.2, 0.25) is 0 Å². The number of nitrogens with one attached hydrogen (secondary N) is 1. The van der Waals surface area contributed by atoms with E-state index in [1.807, 2.05) is 4.90 Å². The van der Waals surface area contributed by atoms with Gasteiger partial charge < -0.3 is 10.1 Å². The van der Waals surface area contributed by atoms with E-state index < -0.39 is 0 Å². The van der Waals surface area contributed by atoms with Crippen molar-refractivity contribution >= 4 is 6.09 Å². The van der Waals surface area contributed by atoms with Gasteiger partial charge in [-0.1, -0.05) is 13.8 Å². The van der Waals surface area contributed by atoms with Crippen molar-refractivity contribution in [3.05, 3.63) is 0 Å². The van der Waals surface area contributed by atoms with Crippen molar-refractivity contribution < 1.29 is 9.53 Å². The van der Waals surface area contributed by atoms with E-state index in [2.05, 4.69) is 26.1 Å². The van der Waals surface area contributed by atoms with E-state index in [9.17, 15) is 4.79 Å². The molecule has 2 unspecified atom stereocenters. The number of rotatable bonds is 3. The number of cyclic esters (lactones) is 1. The van der Waals surface area contributed by atoms with Crippen LogP contribution in [0.1, 0.15) is 27.2 Å². The molecular weight excluding hydrogens is 204 g/mol. The van der Waals surface area contributed by atoms with Gasteiger partial charge in [0.25, 0.3) is 0 Å². The third-order valence-electron chi connectivity index (χ3n) is 3.81. The second-order valence-electron chi connectivity index (χ2n) is 5.61. The van der Waals surface area contributed by atoms with Gasteiger partial charge in [0, 0.05) is 13.1 Å². The highest BCUT2D eigenvalue weighted by atomic mass is 16.6. The van der Waals surface area contributed by atoms with Gasteiger partial charge in [0.15, 0.2) is 0 Å². The first-order chi connectivity index (χ1) is 7.54. The molecule has 2 heterocycles. The molecule has 2 atom stereocenters. The Bertz CT molecular complexity index is 274. The predicted octanol–water partition coefficient (Wildman–Crippen LogP) is 1.46. The average Bonchev–Trinajstić information content (AvgIpc) is 2.82. The summed E-state index contributed by atoms with van der Waals surface area (Å²) in [6.45, 7) is 9.85. The van der Waals surface area contributed by atoms with Crippen LogP contribution >= 0.6 is 0 Å². The fourth-order valence-corrected chi connectivity index (χ4v) is 2.74. The summed E-state index contributed by atoms with van der Waals surface area (Å²) in [4.78, 5) is 13.7. The average molecular weight is 226 g/mol. The molecule has 2 aliphatic heterocycles. The highest BCUT2D eigenvalue weighted by molar-refractivity contribution is 5.71. The minimum atomic E-state index is -0.136. The molecule has 1 amide bonds. The summed E-state index contributed by atoms with van der Waals surface area (Å²) < 4.78 is 5.25. The van der Waals surface area contributed by atoms with Crippen LogP contribution in [0.5, 0.6) is 0 Å². The molecule has 0 bridgehead atoms. The van der Waals surface area contributed by atoms with Crippen LogP contribution in [0.25, 0.3) is 0 Å². The number of carbonyl (C=O) groups is 1. The van der Waals surface area contributed by atoms with Gasteiger partial charge in [-0.05, 0) is 31.7 Å². The van der Waals surface area contributed by atoms with Crippen molar-refractivity contribution in [2.45, 2.75) is 32.7 Å². The summed E-state index contributed by atoms with van der Waals surface area (Å²) in [7, 11) is 0. The summed E-state index contributed by atoms with van der Waals surface area (Å²) in [5.41, 5.74) is -0.106. The monoisotopic (exact) mass is 226 g/mol. The largest absolute Gasteiger partial charge is 0.447 e. The first-order valence-electron chi connectivity index (χ1n) is 6.19. The van der Waals surface area contributed by atoms with Crippen LogP contribution < -0.4 is 5.32 Å². The molecular formula is C12H22N2O2. The molecule has 0 aromatic heterocycles. The maximum absolute atomic E-state index is 11.8. The van der Waals surface area contributed by atoms with Crippen LogP contribution in [0.3, 0.4) is 0 Å². The Morgan fingerprint density at radius 2 is 2.38 bits per heavy atom. The topological polar surface area (TPSA) is 41.6 Å². The van der Waals surface area contributed by atoms with Gasteiger partial charge in [-0.25, -0.2) is 4.79 Å². The van der Waals surface area contributed by atoms with Gasteiger partial charge in [-0.2, -0.15) is 0 Å². The van der Waals surface area contributed by atoms with Crippen LogP contribution in [0.4, 0.5) is 4.79 Å². The predicted molar refractivity (Wildman–Crippen MR) is 62.3 cm³/mol. The molecule has 0 radical (unpaired) electrons. The lowest BCUT2D eigenvalue weighted by atomic mass is 9.84. The second kappa shape index (κ2) is 4.24. The molecule has 4 heteroatoms. The maximum Gasteiger partial charge on any atom is 0.410 e. The SMILES string of the molecule is CC(C)CN1C(=O)OCC1(C)C1CCNC1. The molecule has 4 nitrogen and oxygen atoms in total. The van der Waals surface area contributed by atoms with Crippen LogP contribution in [0, 0.1) is 11.8 Å². The summed E-state index contributed by atoms with van der Waals surface area (Å²) >= 11 is 0. The number of hydrogen-bond acceptors (Lipinski definition) is 3. The summed E-state index contributed by atoms with van der Waals surface area (Å²) in [6.07, 6.45) is 1.00. The van der Waals surface area contributed by atoms with Gasteiger partial charge >= 0.3 is 6.09 Å². The Labute approximate surface area is 97.3 Å². The molecule has 2 rings (SSSR count). The minimum Gasteiger partial charge on any atom is -0.447 e.